The van der Waals surface area contributed by atoms with Crippen molar-refractivity contribution in [2.24, 2.45) is 0 Å². The Hall–Kier alpha value is -3.02. The van der Waals surface area contributed by atoms with E-state index in [0.29, 0.717) is 26.8 Å². The van der Waals surface area contributed by atoms with E-state index in [-0.39, 0.29) is 28.4 Å². The van der Waals surface area contributed by atoms with Gasteiger partial charge < -0.3 is 15.0 Å². The van der Waals surface area contributed by atoms with Gasteiger partial charge in [0.15, 0.2) is 0 Å². The molecule has 4 aromatic rings. The number of rotatable bonds is 9. The Morgan fingerprint density at radius 2 is 1.70 bits per heavy atom. The van der Waals surface area contributed by atoms with Crippen LogP contribution in [0.3, 0.4) is 0 Å². The third kappa shape index (κ3) is 6.23. The molecule has 1 aliphatic carbocycles. The lowest BCUT2D eigenvalue weighted by Gasteiger charge is -2.37. The second kappa shape index (κ2) is 13.1. The third-order valence-corrected chi connectivity index (χ3v) is 12.0. The van der Waals surface area contributed by atoms with Gasteiger partial charge in [0.25, 0.3) is 5.91 Å². The molecule has 0 saturated heterocycles. The van der Waals surface area contributed by atoms with Gasteiger partial charge in [-0.2, -0.15) is 0 Å². The van der Waals surface area contributed by atoms with E-state index >= 15 is 0 Å². The smallest absolute Gasteiger partial charge is 0.266 e. The van der Waals surface area contributed by atoms with Gasteiger partial charge in [0.1, 0.15) is 16.4 Å². The molecule has 1 fully saturated rings. The molecule has 0 unspecified atom stereocenters. The summed E-state index contributed by atoms with van der Waals surface area (Å²) >= 11 is 7.91. The number of hydrogen-bond donors (Lipinski definition) is 1. The van der Waals surface area contributed by atoms with Crippen molar-refractivity contribution in [3.63, 3.8) is 0 Å². The molecule has 0 radical (unpaired) electrons. The second-order valence-corrected chi connectivity index (χ2v) is 14.9. The maximum Gasteiger partial charge on any atom is 0.266 e. The van der Waals surface area contributed by atoms with Crippen LogP contribution in [-0.2, 0) is 16.6 Å². The van der Waals surface area contributed by atoms with Gasteiger partial charge in [-0.25, -0.2) is 17.1 Å². The lowest BCUT2D eigenvalue weighted by molar-refractivity contribution is 0.0604. The first kappa shape index (κ1) is 32.4. The number of carbonyl (C=O) groups is 1. The monoisotopic (exact) mass is 657 g/mol. The first-order valence-corrected chi connectivity index (χ1v) is 17.1. The van der Waals surface area contributed by atoms with E-state index in [2.05, 4.69) is 5.32 Å². The van der Waals surface area contributed by atoms with Crippen molar-refractivity contribution in [1.29, 1.82) is 0 Å². The molecule has 234 valence electrons. The number of halogens is 2. The molecule has 5 rings (SSSR count). The number of hydrogen-bond acceptors (Lipinski definition) is 6. The lowest BCUT2D eigenvalue weighted by Crippen LogP contribution is -2.44. The summed E-state index contributed by atoms with van der Waals surface area (Å²) in [5.74, 6) is 0.0107. The van der Waals surface area contributed by atoms with Crippen LogP contribution in [0.2, 0.25) is 5.02 Å². The molecule has 11 heteroatoms. The number of fused-ring (bicyclic) bond motifs is 1. The summed E-state index contributed by atoms with van der Waals surface area (Å²) in [6.45, 7) is 2.13. The molecule has 0 bridgehead atoms. The zero-order chi connectivity index (χ0) is 31.8. The number of methoxy groups -OCH3 is 1. The number of nitrogens with one attached hydrogen (secondary N) is 1. The number of thiophene rings is 1. The predicted octanol–water partition coefficient (Wildman–Crippen LogP) is 7.10. The average molecular weight is 658 g/mol. The van der Waals surface area contributed by atoms with Crippen molar-refractivity contribution in [2.75, 3.05) is 28.3 Å². The maximum atomic E-state index is 14.8. The van der Waals surface area contributed by atoms with Gasteiger partial charge >= 0.3 is 0 Å². The van der Waals surface area contributed by atoms with Crippen LogP contribution >= 0.6 is 22.9 Å². The highest BCUT2D eigenvalue weighted by Crippen LogP contribution is 2.41. The SMILES string of the molecule is CNC1CCC(N(Cc2cc(-c3ccc(S(=O)(=O)N(C)C)cc3)ccc2OC)C(=O)c2sc3c(F)ccc(C)c3c2Cl)CC1. The van der Waals surface area contributed by atoms with Crippen LogP contribution in [0.25, 0.3) is 21.2 Å². The summed E-state index contributed by atoms with van der Waals surface area (Å²) in [7, 11) is 3.00. The fourth-order valence-corrected chi connectivity index (χ4v) is 8.42. The third-order valence-electron chi connectivity index (χ3n) is 8.53. The van der Waals surface area contributed by atoms with Crippen LogP contribution in [0.4, 0.5) is 4.39 Å². The maximum absolute atomic E-state index is 14.8. The molecular formula is C33H37ClFN3O4S2. The molecule has 1 N–H and O–H groups in total. The van der Waals surface area contributed by atoms with Crippen LogP contribution in [-0.4, -0.2) is 63.9 Å². The van der Waals surface area contributed by atoms with E-state index in [0.717, 1.165) is 59.3 Å². The number of ether oxygens (including phenoxy) is 1. The highest BCUT2D eigenvalue weighted by molar-refractivity contribution is 7.89. The second-order valence-electron chi connectivity index (χ2n) is 11.4. The van der Waals surface area contributed by atoms with Crippen molar-refractivity contribution in [3.8, 4) is 16.9 Å². The van der Waals surface area contributed by atoms with E-state index in [4.69, 9.17) is 16.3 Å². The van der Waals surface area contributed by atoms with Crippen molar-refractivity contribution in [2.45, 2.75) is 56.1 Å². The van der Waals surface area contributed by atoms with Gasteiger partial charge in [0.2, 0.25) is 10.0 Å². The number of benzene rings is 3. The highest BCUT2D eigenvalue weighted by Gasteiger charge is 2.33. The summed E-state index contributed by atoms with van der Waals surface area (Å²) in [5, 5.41) is 4.22. The normalized spacial score (nSPS) is 17.3. The van der Waals surface area contributed by atoms with Crippen molar-refractivity contribution in [1.82, 2.24) is 14.5 Å². The van der Waals surface area contributed by atoms with Gasteiger partial charge in [-0.05, 0) is 86.7 Å². The van der Waals surface area contributed by atoms with E-state index in [1.165, 1.54) is 24.5 Å². The van der Waals surface area contributed by atoms with E-state index < -0.39 is 15.8 Å². The summed E-state index contributed by atoms with van der Waals surface area (Å²) in [5.41, 5.74) is 3.32. The van der Waals surface area contributed by atoms with E-state index in [1.807, 2.05) is 37.1 Å². The number of carbonyl (C=O) groups excluding carboxylic acids is 1. The van der Waals surface area contributed by atoms with Gasteiger partial charge in [-0.1, -0.05) is 35.9 Å². The van der Waals surface area contributed by atoms with Crippen LogP contribution in [0, 0.1) is 12.7 Å². The van der Waals surface area contributed by atoms with Gasteiger partial charge in [-0.3, -0.25) is 4.79 Å². The van der Waals surface area contributed by atoms with Crippen LogP contribution < -0.4 is 10.1 Å². The fraction of sp³-hybridized carbons (Fsp3) is 0.364. The fourth-order valence-electron chi connectivity index (χ4n) is 5.89. The minimum atomic E-state index is -3.55. The van der Waals surface area contributed by atoms with Crippen LogP contribution in [0.5, 0.6) is 5.75 Å². The largest absolute Gasteiger partial charge is 0.496 e. The standard InChI is InChI=1S/C33H37ClFN3O4S2/c1-20-6-16-27(35)31-29(20)30(34)32(43-31)33(39)38(25-12-10-24(36-2)11-13-25)19-23-18-22(9-17-28(23)42-5)21-7-14-26(15-8-21)44(40,41)37(3)4/h6-9,14-18,24-25,36H,10-13,19H2,1-5H3. The predicted molar refractivity (Wildman–Crippen MR) is 176 cm³/mol. The Morgan fingerprint density at radius 3 is 2.30 bits per heavy atom. The molecule has 1 heterocycles. The molecule has 1 aliphatic rings. The van der Waals surface area contributed by atoms with E-state index in [1.54, 1.807) is 37.4 Å². The topological polar surface area (TPSA) is 79.0 Å². The Morgan fingerprint density at radius 1 is 1.05 bits per heavy atom. The average Bonchev–Trinajstić information content (AvgIpc) is 3.39. The molecule has 1 saturated carbocycles. The lowest BCUT2D eigenvalue weighted by atomic mass is 9.89. The van der Waals surface area contributed by atoms with Crippen molar-refractivity contribution in [3.05, 3.63) is 81.4 Å². The van der Waals surface area contributed by atoms with Crippen molar-refractivity contribution >= 4 is 49.0 Å². The Balaban J connectivity index is 1.53. The quantitative estimate of drug-likeness (QED) is 0.208. The van der Waals surface area contributed by atoms with Crippen molar-refractivity contribution < 1.29 is 22.3 Å². The number of nitrogens with zero attached hydrogens (tertiary/aromatic N) is 2. The summed E-state index contributed by atoms with van der Waals surface area (Å²) in [6.07, 6.45) is 3.49. The van der Waals surface area contributed by atoms with Gasteiger partial charge in [0.05, 0.1) is 21.7 Å². The van der Waals surface area contributed by atoms with Gasteiger partial charge in [-0.15, -0.1) is 11.3 Å². The number of amides is 1. The van der Waals surface area contributed by atoms with E-state index in [9.17, 15) is 17.6 Å². The number of sulfonamides is 1. The summed E-state index contributed by atoms with van der Waals surface area (Å²) in [6, 6.07) is 15.9. The first-order valence-electron chi connectivity index (χ1n) is 14.5. The molecule has 7 nitrogen and oxygen atoms in total. The zero-order valence-corrected chi connectivity index (χ0v) is 27.9. The Kier molecular flexibility index (Phi) is 9.67. The molecule has 44 heavy (non-hydrogen) atoms. The Bertz CT molecular complexity index is 1780. The van der Waals surface area contributed by atoms with Gasteiger partial charge in [0, 0.05) is 43.7 Å². The molecule has 0 aliphatic heterocycles. The minimum absolute atomic E-state index is 0.0387. The molecule has 1 amide bonds. The first-order chi connectivity index (χ1) is 21.0. The summed E-state index contributed by atoms with van der Waals surface area (Å²) in [4.78, 5) is 16.8. The highest BCUT2D eigenvalue weighted by atomic mass is 35.5. The molecule has 3 aromatic carbocycles. The number of aryl methyl sites for hydroxylation is 1. The zero-order valence-electron chi connectivity index (χ0n) is 25.5. The summed E-state index contributed by atoms with van der Waals surface area (Å²) < 4.78 is 47.2. The minimum Gasteiger partial charge on any atom is -0.496 e. The molecule has 0 atom stereocenters. The molecular weight excluding hydrogens is 621 g/mol. The Labute approximate surface area is 267 Å². The van der Waals surface area contributed by atoms with Crippen LogP contribution in [0.1, 0.15) is 46.5 Å². The molecule has 0 spiro atoms. The molecule has 1 aromatic heterocycles. The van der Waals surface area contributed by atoms with Crippen LogP contribution in [0.15, 0.2) is 59.5 Å².